The maximum absolute atomic E-state index is 11.8. The van der Waals surface area contributed by atoms with Crippen LogP contribution in [0.4, 0.5) is 11.5 Å². The third kappa shape index (κ3) is 3.05. The maximum atomic E-state index is 11.8. The highest BCUT2D eigenvalue weighted by atomic mass is 16.5. The van der Waals surface area contributed by atoms with Crippen molar-refractivity contribution < 1.29 is 9.47 Å². The molecule has 0 atom stereocenters. The molecule has 116 valence electrons. The van der Waals surface area contributed by atoms with Crippen LogP contribution in [0, 0.1) is 4.91 Å². The largest absolute Gasteiger partial charge is 0.497 e. The van der Waals surface area contributed by atoms with Gasteiger partial charge in [0.25, 0.3) is 5.56 Å². The number of aromatic nitrogens is 2. The van der Waals surface area contributed by atoms with E-state index in [1.165, 1.54) is 0 Å². The third-order valence-electron chi connectivity index (χ3n) is 2.92. The fourth-order valence-electron chi connectivity index (χ4n) is 1.86. The Morgan fingerprint density at radius 2 is 2.18 bits per heavy atom. The van der Waals surface area contributed by atoms with Crippen LogP contribution in [-0.4, -0.2) is 23.7 Å². The van der Waals surface area contributed by atoms with E-state index >= 15 is 0 Å². The SMILES string of the molecule is CCCOc1cc(OC)ccc1-c1nc(N)c(N=O)c(=O)[nH]1. The molecule has 0 unspecified atom stereocenters. The molecule has 0 bridgehead atoms. The van der Waals surface area contributed by atoms with E-state index in [-0.39, 0.29) is 11.6 Å². The molecule has 22 heavy (non-hydrogen) atoms. The van der Waals surface area contributed by atoms with Gasteiger partial charge in [0, 0.05) is 6.07 Å². The van der Waals surface area contributed by atoms with Crippen molar-refractivity contribution in [3.8, 4) is 22.9 Å². The van der Waals surface area contributed by atoms with Crippen molar-refractivity contribution in [3.63, 3.8) is 0 Å². The number of anilines is 1. The number of ether oxygens (including phenoxy) is 2. The Balaban J connectivity index is 2.56. The molecule has 0 aliphatic carbocycles. The van der Waals surface area contributed by atoms with Gasteiger partial charge in [-0.25, -0.2) is 4.98 Å². The van der Waals surface area contributed by atoms with E-state index in [9.17, 15) is 9.70 Å². The lowest BCUT2D eigenvalue weighted by Gasteiger charge is -2.12. The van der Waals surface area contributed by atoms with Crippen molar-refractivity contribution in [1.82, 2.24) is 9.97 Å². The summed E-state index contributed by atoms with van der Waals surface area (Å²) in [4.78, 5) is 28.8. The Morgan fingerprint density at radius 3 is 2.77 bits per heavy atom. The van der Waals surface area contributed by atoms with Crippen molar-refractivity contribution in [2.24, 2.45) is 5.18 Å². The first-order chi connectivity index (χ1) is 10.6. The zero-order valence-electron chi connectivity index (χ0n) is 12.3. The summed E-state index contributed by atoms with van der Waals surface area (Å²) in [6.07, 6.45) is 0.816. The number of benzene rings is 1. The second-order valence-corrected chi connectivity index (χ2v) is 4.45. The number of nitroso groups, excluding NO2 is 1. The number of nitrogens with two attached hydrogens (primary N) is 1. The Morgan fingerprint density at radius 1 is 1.41 bits per heavy atom. The molecule has 0 fully saturated rings. The van der Waals surface area contributed by atoms with Gasteiger partial charge in [0.2, 0.25) is 5.69 Å². The Kier molecular flexibility index (Phi) is 4.72. The van der Waals surface area contributed by atoms with Crippen molar-refractivity contribution in [3.05, 3.63) is 33.5 Å². The predicted octanol–water partition coefficient (Wildman–Crippen LogP) is 2.21. The lowest BCUT2D eigenvalue weighted by Crippen LogP contribution is -2.12. The van der Waals surface area contributed by atoms with Gasteiger partial charge < -0.3 is 20.2 Å². The molecule has 1 aromatic carbocycles. The molecule has 0 radical (unpaired) electrons. The van der Waals surface area contributed by atoms with Gasteiger partial charge in [0.1, 0.15) is 17.3 Å². The minimum Gasteiger partial charge on any atom is -0.497 e. The number of nitrogens with one attached hydrogen (secondary N) is 1. The van der Waals surface area contributed by atoms with E-state index in [1.807, 2.05) is 6.92 Å². The van der Waals surface area contributed by atoms with Crippen molar-refractivity contribution in [2.45, 2.75) is 13.3 Å². The third-order valence-corrected chi connectivity index (χ3v) is 2.92. The fraction of sp³-hybridized carbons (Fsp3) is 0.286. The van der Waals surface area contributed by atoms with Gasteiger partial charge >= 0.3 is 0 Å². The van der Waals surface area contributed by atoms with E-state index in [4.69, 9.17) is 15.2 Å². The van der Waals surface area contributed by atoms with Crippen LogP contribution in [0.3, 0.4) is 0 Å². The molecule has 1 aromatic heterocycles. The van der Waals surface area contributed by atoms with E-state index in [2.05, 4.69) is 15.1 Å². The molecule has 0 saturated heterocycles. The zero-order valence-corrected chi connectivity index (χ0v) is 12.3. The maximum Gasteiger partial charge on any atom is 0.282 e. The highest BCUT2D eigenvalue weighted by Gasteiger charge is 2.15. The molecular weight excluding hydrogens is 288 g/mol. The monoisotopic (exact) mass is 304 g/mol. The second kappa shape index (κ2) is 6.70. The van der Waals surface area contributed by atoms with Crippen LogP contribution >= 0.6 is 0 Å². The van der Waals surface area contributed by atoms with Gasteiger partial charge in [0.05, 0.1) is 19.3 Å². The number of hydrogen-bond acceptors (Lipinski definition) is 7. The van der Waals surface area contributed by atoms with E-state index in [0.717, 1.165) is 6.42 Å². The standard InChI is InChI=1S/C14H16N4O4/c1-3-6-22-10-7-8(21-2)4-5-9(10)13-16-12(15)11(18-20)14(19)17-13/h4-5,7H,3,6H2,1-2H3,(H3,15,16,17,19). The number of H-pyrrole nitrogens is 1. The molecule has 0 aliphatic heterocycles. The molecule has 0 aliphatic rings. The molecule has 0 spiro atoms. The Bertz CT molecular complexity index is 742. The summed E-state index contributed by atoms with van der Waals surface area (Å²) >= 11 is 0. The highest BCUT2D eigenvalue weighted by molar-refractivity contribution is 5.69. The molecule has 0 amide bonds. The van der Waals surface area contributed by atoms with Gasteiger partial charge in [-0.15, -0.1) is 4.91 Å². The van der Waals surface area contributed by atoms with Gasteiger partial charge in [-0.05, 0) is 23.7 Å². The van der Waals surface area contributed by atoms with E-state index in [0.29, 0.717) is 23.7 Å². The number of aromatic amines is 1. The highest BCUT2D eigenvalue weighted by Crippen LogP contribution is 2.32. The van der Waals surface area contributed by atoms with Crippen molar-refractivity contribution >= 4 is 11.5 Å². The zero-order chi connectivity index (χ0) is 16.1. The lowest BCUT2D eigenvalue weighted by atomic mass is 10.1. The molecule has 3 N–H and O–H groups in total. The van der Waals surface area contributed by atoms with E-state index < -0.39 is 11.2 Å². The average molecular weight is 304 g/mol. The number of nitrogens with zero attached hydrogens (tertiary/aromatic N) is 2. The predicted molar refractivity (Wildman–Crippen MR) is 82.5 cm³/mol. The van der Waals surface area contributed by atoms with Gasteiger partial charge in [-0.2, -0.15) is 0 Å². The van der Waals surface area contributed by atoms with Crippen LogP contribution in [0.15, 0.2) is 28.2 Å². The number of nitrogen functional groups attached to an aromatic ring is 1. The smallest absolute Gasteiger partial charge is 0.282 e. The topological polar surface area (TPSA) is 120 Å². The van der Waals surface area contributed by atoms with E-state index in [1.54, 1.807) is 25.3 Å². The fourth-order valence-corrected chi connectivity index (χ4v) is 1.86. The number of rotatable bonds is 6. The normalized spacial score (nSPS) is 10.3. The van der Waals surface area contributed by atoms with Crippen LogP contribution in [0.25, 0.3) is 11.4 Å². The quantitative estimate of drug-likeness (QED) is 0.789. The first kappa shape index (κ1) is 15.5. The van der Waals surface area contributed by atoms with Gasteiger partial charge in [0.15, 0.2) is 5.82 Å². The molecule has 2 rings (SSSR count). The summed E-state index contributed by atoms with van der Waals surface area (Å²) < 4.78 is 10.8. The summed E-state index contributed by atoms with van der Waals surface area (Å²) in [6.45, 7) is 2.47. The summed E-state index contributed by atoms with van der Waals surface area (Å²) in [5, 5.41) is 2.57. The summed E-state index contributed by atoms with van der Waals surface area (Å²) in [5.74, 6) is 1.07. The number of methoxy groups -OCH3 is 1. The minimum atomic E-state index is -0.699. The minimum absolute atomic E-state index is 0.198. The summed E-state index contributed by atoms with van der Waals surface area (Å²) in [7, 11) is 1.54. The first-order valence-electron chi connectivity index (χ1n) is 6.65. The molecular formula is C14H16N4O4. The summed E-state index contributed by atoms with van der Waals surface area (Å²) in [6, 6.07) is 5.08. The van der Waals surface area contributed by atoms with Crippen molar-refractivity contribution in [2.75, 3.05) is 19.5 Å². The number of hydrogen-bond donors (Lipinski definition) is 2. The lowest BCUT2D eigenvalue weighted by molar-refractivity contribution is 0.315. The average Bonchev–Trinajstić information content (AvgIpc) is 2.52. The van der Waals surface area contributed by atoms with Crippen LogP contribution in [0.1, 0.15) is 13.3 Å². The summed E-state index contributed by atoms with van der Waals surface area (Å²) in [5.41, 5.74) is 4.99. The van der Waals surface area contributed by atoms with Gasteiger partial charge in [-0.1, -0.05) is 6.92 Å². The Hall–Kier alpha value is -2.90. The van der Waals surface area contributed by atoms with Gasteiger partial charge in [-0.3, -0.25) is 4.79 Å². The van der Waals surface area contributed by atoms with Crippen LogP contribution < -0.4 is 20.8 Å². The first-order valence-corrected chi connectivity index (χ1v) is 6.65. The van der Waals surface area contributed by atoms with Crippen LogP contribution in [-0.2, 0) is 0 Å². The molecule has 2 aromatic rings. The second-order valence-electron chi connectivity index (χ2n) is 4.45. The Labute approximate surface area is 126 Å². The van der Waals surface area contributed by atoms with Crippen molar-refractivity contribution in [1.29, 1.82) is 0 Å². The molecule has 1 heterocycles. The molecule has 8 nitrogen and oxygen atoms in total. The van der Waals surface area contributed by atoms with Crippen LogP contribution in [0.5, 0.6) is 11.5 Å². The van der Waals surface area contributed by atoms with Crippen LogP contribution in [0.2, 0.25) is 0 Å². The molecule has 8 heteroatoms. The molecule has 0 saturated carbocycles.